The van der Waals surface area contributed by atoms with E-state index in [0.29, 0.717) is 10.7 Å². The fourth-order valence-electron chi connectivity index (χ4n) is 0.874. The van der Waals surface area contributed by atoms with E-state index in [9.17, 15) is 5.21 Å². The zero-order valence-corrected chi connectivity index (χ0v) is 6.84. The molecular formula is C8H9N2O3-. The van der Waals surface area contributed by atoms with Gasteiger partial charge in [0.2, 0.25) is 0 Å². The van der Waals surface area contributed by atoms with Crippen molar-refractivity contribution < 1.29 is 10.2 Å². The summed E-state index contributed by atoms with van der Waals surface area (Å²) in [5.41, 5.74) is 0.553. The van der Waals surface area contributed by atoms with E-state index in [1.165, 1.54) is 18.2 Å². The van der Waals surface area contributed by atoms with Gasteiger partial charge >= 0.3 is 0 Å². The molecule has 0 bridgehead atoms. The first-order valence-electron chi connectivity index (χ1n) is 3.55. The monoisotopic (exact) mass is 181 g/mol. The molecular weight excluding hydrogens is 172 g/mol. The van der Waals surface area contributed by atoms with Crippen LogP contribution in [0.15, 0.2) is 23.3 Å². The Morgan fingerprint density at radius 2 is 2.08 bits per heavy atom. The van der Waals surface area contributed by atoms with Gasteiger partial charge < -0.3 is 20.6 Å². The van der Waals surface area contributed by atoms with Gasteiger partial charge in [-0.1, -0.05) is 6.07 Å². The number of benzene rings is 1. The minimum atomic E-state index is -0.255. The van der Waals surface area contributed by atoms with Crippen molar-refractivity contribution in [1.82, 2.24) is 5.17 Å². The number of hydrogen-bond donors (Lipinski definition) is 2. The Morgan fingerprint density at radius 1 is 1.38 bits per heavy atom. The second-order valence-corrected chi connectivity index (χ2v) is 2.47. The lowest BCUT2D eigenvalue weighted by Gasteiger charge is -2.23. The summed E-state index contributed by atoms with van der Waals surface area (Å²) in [6.45, 7) is 3.05. The molecule has 0 amide bonds. The highest BCUT2D eigenvalue weighted by atomic mass is 16.5. The summed E-state index contributed by atoms with van der Waals surface area (Å²) >= 11 is 0. The predicted octanol–water partition coefficient (Wildman–Crippen LogP) is 1.01. The van der Waals surface area contributed by atoms with Crippen molar-refractivity contribution in [1.29, 1.82) is 0 Å². The third-order valence-electron chi connectivity index (χ3n) is 1.52. The van der Waals surface area contributed by atoms with Crippen molar-refractivity contribution in [2.24, 2.45) is 5.10 Å². The standard InChI is InChI=1S/C8H9N2O3/c1-9-10(13)5-6-2-3-7(11)8(12)4-6/h2-4,11-12H,1,5H2/q-1. The second kappa shape index (κ2) is 3.77. The number of phenols is 2. The largest absolute Gasteiger partial charge is 0.742 e. The van der Waals surface area contributed by atoms with Crippen molar-refractivity contribution in [3.63, 3.8) is 0 Å². The SMILES string of the molecule is C=NN([O-])Cc1ccc(O)c(O)c1. The molecule has 0 fully saturated rings. The Balaban J connectivity index is 2.79. The lowest BCUT2D eigenvalue weighted by atomic mass is 10.2. The fourth-order valence-corrected chi connectivity index (χ4v) is 0.874. The van der Waals surface area contributed by atoms with Crippen LogP contribution in [0.5, 0.6) is 11.5 Å². The van der Waals surface area contributed by atoms with E-state index < -0.39 is 0 Å². The van der Waals surface area contributed by atoms with Crippen LogP contribution in [0.4, 0.5) is 0 Å². The quantitative estimate of drug-likeness (QED) is 0.414. The van der Waals surface area contributed by atoms with E-state index in [1.54, 1.807) is 0 Å². The summed E-state index contributed by atoms with van der Waals surface area (Å²) in [4.78, 5) is 0. The number of hydrazone groups is 1. The normalized spacial score (nSPS) is 9.62. The molecule has 0 aromatic heterocycles. The molecule has 0 aliphatic heterocycles. The molecule has 5 heteroatoms. The van der Waals surface area contributed by atoms with E-state index in [2.05, 4.69) is 11.8 Å². The first-order valence-corrected chi connectivity index (χ1v) is 3.55. The van der Waals surface area contributed by atoms with Gasteiger partial charge in [0.25, 0.3) is 0 Å². The number of aromatic hydroxyl groups is 2. The Labute approximate surface area is 75.1 Å². The van der Waals surface area contributed by atoms with E-state index in [1.807, 2.05) is 0 Å². The first-order chi connectivity index (χ1) is 6.13. The van der Waals surface area contributed by atoms with Crippen LogP contribution in [0, 0.1) is 5.21 Å². The maximum atomic E-state index is 10.7. The van der Waals surface area contributed by atoms with Gasteiger partial charge in [0.05, 0.1) is 0 Å². The molecule has 5 nitrogen and oxygen atoms in total. The third-order valence-corrected chi connectivity index (χ3v) is 1.52. The van der Waals surface area contributed by atoms with Crippen LogP contribution in [-0.4, -0.2) is 22.1 Å². The van der Waals surface area contributed by atoms with E-state index in [0.717, 1.165) is 0 Å². The van der Waals surface area contributed by atoms with Crippen LogP contribution in [-0.2, 0) is 6.54 Å². The Hall–Kier alpha value is -1.75. The van der Waals surface area contributed by atoms with Gasteiger partial charge in [-0.05, 0) is 17.7 Å². The van der Waals surface area contributed by atoms with Crippen LogP contribution in [0.1, 0.15) is 5.56 Å². The van der Waals surface area contributed by atoms with Crippen LogP contribution >= 0.6 is 0 Å². The van der Waals surface area contributed by atoms with Crippen molar-refractivity contribution in [2.45, 2.75) is 6.54 Å². The molecule has 0 spiro atoms. The molecule has 0 saturated carbocycles. The third kappa shape index (κ3) is 2.34. The summed E-state index contributed by atoms with van der Waals surface area (Å²) in [5, 5.41) is 32.2. The lowest BCUT2D eigenvalue weighted by Crippen LogP contribution is -2.06. The predicted molar refractivity (Wildman–Crippen MR) is 48.2 cm³/mol. The highest BCUT2D eigenvalue weighted by Gasteiger charge is 2.00. The summed E-state index contributed by atoms with van der Waals surface area (Å²) in [5.74, 6) is -0.470. The maximum absolute atomic E-state index is 10.7. The smallest absolute Gasteiger partial charge is 0.157 e. The molecule has 70 valence electrons. The van der Waals surface area contributed by atoms with Gasteiger partial charge in [-0.25, -0.2) is 5.10 Å². The van der Waals surface area contributed by atoms with Gasteiger partial charge in [-0.3, -0.25) is 0 Å². The van der Waals surface area contributed by atoms with Crippen molar-refractivity contribution in [3.05, 3.63) is 29.0 Å². The van der Waals surface area contributed by atoms with Gasteiger partial charge in [0, 0.05) is 13.3 Å². The second-order valence-electron chi connectivity index (χ2n) is 2.47. The summed E-state index contributed by atoms with van der Waals surface area (Å²) in [7, 11) is 0. The van der Waals surface area contributed by atoms with Crippen LogP contribution in [0.25, 0.3) is 0 Å². The number of phenolic OH excluding ortho intramolecular Hbond substituents is 2. The Bertz CT molecular complexity index is 314. The van der Waals surface area contributed by atoms with Gasteiger partial charge in [-0.15, -0.1) is 0 Å². The molecule has 0 unspecified atom stereocenters. The van der Waals surface area contributed by atoms with Crippen molar-refractivity contribution in [2.75, 3.05) is 0 Å². The highest BCUT2D eigenvalue weighted by Crippen LogP contribution is 2.25. The number of rotatable bonds is 3. The zero-order chi connectivity index (χ0) is 9.84. The molecule has 0 heterocycles. The van der Waals surface area contributed by atoms with E-state index in [-0.39, 0.29) is 18.0 Å². The van der Waals surface area contributed by atoms with E-state index in [4.69, 9.17) is 10.2 Å². The molecule has 0 aliphatic rings. The molecule has 0 atom stereocenters. The molecule has 1 rings (SSSR count). The summed E-state index contributed by atoms with van der Waals surface area (Å²) in [6, 6.07) is 4.12. The minimum absolute atomic E-state index is 0.00264. The van der Waals surface area contributed by atoms with Gasteiger partial charge in [0.15, 0.2) is 11.5 Å². The van der Waals surface area contributed by atoms with Crippen molar-refractivity contribution >= 4 is 6.72 Å². The molecule has 0 radical (unpaired) electrons. The molecule has 1 aromatic carbocycles. The maximum Gasteiger partial charge on any atom is 0.157 e. The number of nitrogens with zero attached hydrogens (tertiary/aromatic N) is 2. The lowest BCUT2D eigenvalue weighted by molar-refractivity contribution is 0.387. The average molecular weight is 181 g/mol. The van der Waals surface area contributed by atoms with E-state index >= 15 is 0 Å². The minimum Gasteiger partial charge on any atom is -0.742 e. The van der Waals surface area contributed by atoms with Gasteiger partial charge in [0.1, 0.15) is 0 Å². The zero-order valence-electron chi connectivity index (χ0n) is 6.84. The number of hydroxylamine groups is 1. The molecule has 0 saturated heterocycles. The van der Waals surface area contributed by atoms with Crippen LogP contribution in [0.2, 0.25) is 0 Å². The first kappa shape index (κ1) is 9.34. The molecule has 0 aliphatic carbocycles. The average Bonchev–Trinajstić information content (AvgIpc) is 2.11. The molecule has 2 N–H and O–H groups in total. The summed E-state index contributed by atoms with van der Waals surface area (Å²) < 4.78 is 0. The number of hydrogen-bond acceptors (Lipinski definition) is 5. The fraction of sp³-hybridized carbons (Fsp3) is 0.125. The van der Waals surface area contributed by atoms with Crippen molar-refractivity contribution in [3.8, 4) is 11.5 Å². The Kier molecular flexibility index (Phi) is 2.71. The summed E-state index contributed by atoms with van der Waals surface area (Å²) in [6.07, 6.45) is 0. The Morgan fingerprint density at radius 3 is 2.62 bits per heavy atom. The van der Waals surface area contributed by atoms with Gasteiger partial charge in [-0.2, -0.15) is 0 Å². The van der Waals surface area contributed by atoms with Crippen LogP contribution < -0.4 is 0 Å². The molecule has 13 heavy (non-hydrogen) atoms. The van der Waals surface area contributed by atoms with Crippen LogP contribution in [0.3, 0.4) is 0 Å². The highest BCUT2D eigenvalue weighted by molar-refractivity contribution is 5.40. The topological polar surface area (TPSA) is 79.1 Å². The molecule has 1 aromatic rings.